The van der Waals surface area contributed by atoms with Gasteiger partial charge in [-0.1, -0.05) is 17.7 Å². The maximum Gasteiger partial charge on any atom is 0.274 e. The first kappa shape index (κ1) is 15.9. The van der Waals surface area contributed by atoms with Crippen molar-refractivity contribution in [3.63, 3.8) is 0 Å². The number of amides is 1. The SMILES string of the molecule is [C-]#[N+]c1ccc(OC2CC3(C2)CN(C(=O)c2cccnn2)C3)cc1Cl. The van der Waals surface area contributed by atoms with Gasteiger partial charge in [0, 0.05) is 24.7 Å². The molecule has 2 heterocycles. The second-order valence-corrected chi connectivity index (χ2v) is 7.05. The van der Waals surface area contributed by atoms with E-state index in [9.17, 15) is 4.79 Å². The minimum Gasteiger partial charge on any atom is -0.490 e. The van der Waals surface area contributed by atoms with E-state index in [0.717, 1.165) is 25.9 Å². The van der Waals surface area contributed by atoms with Gasteiger partial charge in [0.1, 0.15) is 11.9 Å². The molecule has 1 saturated carbocycles. The van der Waals surface area contributed by atoms with E-state index in [-0.39, 0.29) is 17.4 Å². The summed E-state index contributed by atoms with van der Waals surface area (Å²) in [7, 11) is 0. The normalized spacial score (nSPS) is 18.2. The third-order valence-electron chi connectivity index (χ3n) is 4.79. The van der Waals surface area contributed by atoms with Crippen LogP contribution < -0.4 is 4.74 Å². The van der Waals surface area contributed by atoms with Crippen molar-refractivity contribution < 1.29 is 9.53 Å². The molecule has 7 heteroatoms. The number of ether oxygens (including phenoxy) is 1. The monoisotopic (exact) mass is 354 g/mol. The van der Waals surface area contributed by atoms with Crippen LogP contribution in [-0.2, 0) is 0 Å². The highest BCUT2D eigenvalue weighted by atomic mass is 35.5. The Morgan fingerprint density at radius 2 is 2.16 bits per heavy atom. The number of aromatic nitrogens is 2. The molecule has 126 valence electrons. The van der Waals surface area contributed by atoms with Crippen LogP contribution in [0.25, 0.3) is 4.85 Å². The molecule has 1 aromatic carbocycles. The fraction of sp³-hybridized carbons (Fsp3) is 0.333. The predicted molar refractivity (Wildman–Crippen MR) is 91.7 cm³/mol. The van der Waals surface area contributed by atoms with E-state index in [1.807, 2.05) is 4.90 Å². The van der Waals surface area contributed by atoms with Crippen LogP contribution in [0.1, 0.15) is 23.3 Å². The number of carbonyl (C=O) groups excluding carboxylic acids is 1. The smallest absolute Gasteiger partial charge is 0.274 e. The van der Waals surface area contributed by atoms with E-state index in [4.69, 9.17) is 22.9 Å². The number of hydrogen-bond donors (Lipinski definition) is 0. The number of rotatable bonds is 3. The van der Waals surface area contributed by atoms with E-state index in [2.05, 4.69) is 15.0 Å². The Bertz CT molecular complexity index is 851. The molecular formula is C18H15ClN4O2. The lowest BCUT2D eigenvalue weighted by Crippen LogP contribution is -2.65. The highest BCUT2D eigenvalue weighted by Gasteiger charge is 2.54. The minimum atomic E-state index is -0.0652. The second kappa shape index (κ2) is 6.01. The molecule has 2 fully saturated rings. The first-order chi connectivity index (χ1) is 12.1. The van der Waals surface area contributed by atoms with Crippen molar-refractivity contribution in [2.24, 2.45) is 5.41 Å². The van der Waals surface area contributed by atoms with E-state index >= 15 is 0 Å². The van der Waals surface area contributed by atoms with Crippen LogP contribution in [0.15, 0.2) is 36.5 Å². The number of carbonyl (C=O) groups is 1. The fourth-order valence-electron chi connectivity index (χ4n) is 3.58. The van der Waals surface area contributed by atoms with Crippen molar-refractivity contribution in [2.75, 3.05) is 13.1 Å². The molecule has 6 nitrogen and oxygen atoms in total. The number of hydrogen-bond acceptors (Lipinski definition) is 4. The summed E-state index contributed by atoms with van der Waals surface area (Å²) in [5.41, 5.74) is 0.984. The van der Waals surface area contributed by atoms with Crippen molar-refractivity contribution in [2.45, 2.75) is 18.9 Å². The van der Waals surface area contributed by atoms with Crippen LogP contribution in [0.4, 0.5) is 5.69 Å². The predicted octanol–water partition coefficient (Wildman–Crippen LogP) is 3.36. The van der Waals surface area contributed by atoms with Crippen LogP contribution in [0.3, 0.4) is 0 Å². The first-order valence-corrected chi connectivity index (χ1v) is 8.37. The second-order valence-electron chi connectivity index (χ2n) is 6.64. The van der Waals surface area contributed by atoms with Gasteiger partial charge in [0.25, 0.3) is 5.91 Å². The molecule has 4 rings (SSSR count). The molecule has 1 aromatic heterocycles. The quantitative estimate of drug-likeness (QED) is 0.793. The summed E-state index contributed by atoms with van der Waals surface area (Å²) in [4.78, 5) is 17.4. The molecule has 1 amide bonds. The summed E-state index contributed by atoms with van der Waals surface area (Å²) in [5, 5.41) is 8.02. The number of benzene rings is 1. The molecule has 1 saturated heterocycles. The van der Waals surface area contributed by atoms with Gasteiger partial charge in [-0.3, -0.25) is 4.79 Å². The Balaban J connectivity index is 1.30. The minimum absolute atomic E-state index is 0.0652. The number of nitrogens with zero attached hydrogens (tertiary/aromatic N) is 4. The maximum atomic E-state index is 12.3. The van der Waals surface area contributed by atoms with Crippen LogP contribution >= 0.6 is 11.6 Å². The Morgan fingerprint density at radius 1 is 1.36 bits per heavy atom. The summed E-state index contributed by atoms with van der Waals surface area (Å²) < 4.78 is 5.93. The zero-order chi connectivity index (χ0) is 17.4. The zero-order valence-electron chi connectivity index (χ0n) is 13.4. The highest BCUT2D eigenvalue weighted by molar-refractivity contribution is 6.33. The van der Waals surface area contributed by atoms with Gasteiger partial charge in [0.05, 0.1) is 11.6 Å². The van der Waals surface area contributed by atoms with Gasteiger partial charge in [-0.15, -0.1) is 5.10 Å². The lowest BCUT2D eigenvalue weighted by Gasteiger charge is -2.58. The van der Waals surface area contributed by atoms with Gasteiger partial charge < -0.3 is 9.64 Å². The molecule has 0 N–H and O–H groups in total. The summed E-state index contributed by atoms with van der Waals surface area (Å²) in [5.74, 6) is 0.619. The van der Waals surface area contributed by atoms with Gasteiger partial charge in [-0.2, -0.15) is 5.10 Å². The van der Waals surface area contributed by atoms with Crippen molar-refractivity contribution in [3.05, 3.63) is 58.7 Å². The van der Waals surface area contributed by atoms with Crippen LogP contribution in [0.5, 0.6) is 5.75 Å². The Labute approximate surface area is 150 Å². The molecule has 0 bridgehead atoms. The standard InChI is InChI=1S/C18H15ClN4O2/c1-20-15-5-4-12(7-14(15)19)25-13-8-18(9-13)10-23(11-18)17(24)16-3-2-6-21-22-16/h2-7,13H,8-11H2. The zero-order valence-corrected chi connectivity index (χ0v) is 14.1. The third-order valence-corrected chi connectivity index (χ3v) is 5.10. The van der Waals surface area contributed by atoms with Crippen LogP contribution in [-0.4, -0.2) is 40.2 Å². The first-order valence-electron chi connectivity index (χ1n) is 7.99. The summed E-state index contributed by atoms with van der Waals surface area (Å²) in [6.45, 7) is 8.48. The lowest BCUT2D eigenvalue weighted by molar-refractivity contribution is -0.103. The summed E-state index contributed by atoms with van der Waals surface area (Å²) in [6.07, 6.45) is 3.52. The van der Waals surface area contributed by atoms with E-state index in [1.165, 1.54) is 0 Å². The molecule has 25 heavy (non-hydrogen) atoms. The van der Waals surface area contributed by atoms with Crippen LogP contribution in [0, 0.1) is 12.0 Å². The highest BCUT2D eigenvalue weighted by Crippen LogP contribution is 2.50. The number of halogens is 1. The summed E-state index contributed by atoms with van der Waals surface area (Å²) in [6, 6.07) is 8.53. The Hall–Kier alpha value is -2.65. The van der Waals surface area contributed by atoms with Gasteiger partial charge in [0.15, 0.2) is 5.69 Å². The largest absolute Gasteiger partial charge is 0.490 e. The molecule has 0 unspecified atom stereocenters. The molecule has 2 aromatic rings. The average Bonchev–Trinajstić information content (AvgIpc) is 2.56. The van der Waals surface area contributed by atoms with Crippen molar-refractivity contribution in [3.8, 4) is 5.75 Å². The summed E-state index contributed by atoms with van der Waals surface area (Å²) >= 11 is 6.03. The lowest BCUT2D eigenvalue weighted by atomic mass is 9.61. The topological polar surface area (TPSA) is 59.7 Å². The molecule has 0 atom stereocenters. The third kappa shape index (κ3) is 2.92. The van der Waals surface area contributed by atoms with Gasteiger partial charge in [-0.05, 0) is 37.1 Å². The van der Waals surface area contributed by atoms with Crippen molar-refractivity contribution in [1.29, 1.82) is 0 Å². The van der Waals surface area contributed by atoms with Gasteiger partial charge in [-0.25, -0.2) is 4.85 Å². The Kier molecular flexibility index (Phi) is 3.81. The molecule has 1 aliphatic heterocycles. The van der Waals surface area contributed by atoms with Crippen molar-refractivity contribution in [1.82, 2.24) is 15.1 Å². The molecule has 0 radical (unpaired) electrons. The van der Waals surface area contributed by atoms with E-state index in [0.29, 0.717) is 22.2 Å². The van der Waals surface area contributed by atoms with Gasteiger partial charge >= 0.3 is 0 Å². The fourth-order valence-corrected chi connectivity index (χ4v) is 3.79. The van der Waals surface area contributed by atoms with E-state index < -0.39 is 0 Å². The average molecular weight is 355 g/mol. The van der Waals surface area contributed by atoms with E-state index in [1.54, 1.807) is 36.5 Å². The van der Waals surface area contributed by atoms with Crippen molar-refractivity contribution >= 4 is 23.2 Å². The molecule has 1 spiro atoms. The molecule has 2 aliphatic rings. The molecule has 1 aliphatic carbocycles. The van der Waals surface area contributed by atoms with Crippen LogP contribution in [0.2, 0.25) is 5.02 Å². The maximum absolute atomic E-state index is 12.3. The molecular weight excluding hydrogens is 340 g/mol. The number of likely N-dealkylation sites (tertiary alicyclic amines) is 1. The Morgan fingerprint density at radius 3 is 2.80 bits per heavy atom. The van der Waals surface area contributed by atoms with Gasteiger partial charge in [0.2, 0.25) is 5.69 Å².